The molecule has 22 heavy (non-hydrogen) atoms. The van der Waals surface area contributed by atoms with Gasteiger partial charge in [0.1, 0.15) is 10.7 Å². The van der Waals surface area contributed by atoms with Crippen molar-refractivity contribution < 1.29 is 4.79 Å². The molecule has 0 saturated carbocycles. The van der Waals surface area contributed by atoms with Gasteiger partial charge in [0.2, 0.25) is 0 Å². The Labute approximate surface area is 140 Å². The standard InChI is InChI=1S/C16H19N3OS.ClH/c17-10-15-18-14(11-21-15)16(20)19-8-4-7-13(19)9-12-5-2-1-3-6-12;/h1-3,5-6,11,13H,4,7-10,17H2;1H. The average molecular weight is 338 g/mol. The molecule has 1 aliphatic rings. The van der Waals surface area contributed by atoms with Crippen molar-refractivity contribution in [3.63, 3.8) is 0 Å². The topological polar surface area (TPSA) is 59.2 Å². The summed E-state index contributed by atoms with van der Waals surface area (Å²) < 4.78 is 0. The van der Waals surface area contributed by atoms with E-state index in [1.54, 1.807) is 0 Å². The minimum Gasteiger partial charge on any atom is -0.334 e. The van der Waals surface area contributed by atoms with Crippen molar-refractivity contribution in [2.24, 2.45) is 5.73 Å². The lowest BCUT2D eigenvalue weighted by molar-refractivity contribution is 0.0731. The number of halogens is 1. The molecule has 0 bridgehead atoms. The van der Waals surface area contributed by atoms with Crippen molar-refractivity contribution in [3.8, 4) is 0 Å². The van der Waals surface area contributed by atoms with Gasteiger partial charge in [0.25, 0.3) is 5.91 Å². The van der Waals surface area contributed by atoms with Gasteiger partial charge in [-0.25, -0.2) is 4.98 Å². The van der Waals surface area contributed by atoms with E-state index in [4.69, 9.17) is 5.73 Å². The fraction of sp³-hybridized carbons (Fsp3) is 0.375. The number of thiazole rings is 1. The molecular weight excluding hydrogens is 318 g/mol. The minimum atomic E-state index is 0. The van der Waals surface area contributed by atoms with Crippen molar-refractivity contribution in [1.29, 1.82) is 0 Å². The summed E-state index contributed by atoms with van der Waals surface area (Å²) in [6.45, 7) is 1.22. The third-order valence-electron chi connectivity index (χ3n) is 3.90. The fourth-order valence-electron chi connectivity index (χ4n) is 2.85. The normalized spacial score (nSPS) is 17.3. The Hall–Kier alpha value is -1.43. The first kappa shape index (κ1) is 16.9. The van der Waals surface area contributed by atoms with Gasteiger partial charge in [0.05, 0.1) is 0 Å². The summed E-state index contributed by atoms with van der Waals surface area (Å²) in [6, 6.07) is 10.6. The van der Waals surface area contributed by atoms with E-state index in [-0.39, 0.29) is 24.4 Å². The monoisotopic (exact) mass is 337 g/mol. The van der Waals surface area contributed by atoms with E-state index in [0.29, 0.717) is 12.2 Å². The molecule has 4 nitrogen and oxygen atoms in total. The number of hydrogen-bond acceptors (Lipinski definition) is 4. The van der Waals surface area contributed by atoms with Crippen LogP contribution in [0.2, 0.25) is 0 Å². The molecule has 1 atom stereocenters. The van der Waals surface area contributed by atoms with Crippen molar-refractivity contribution in [2.75, 3.05) is 6.54 Å². The average Bonchev–Trinajstić information content (AvgIpc) is 3.16. The van der Waals surface area contributed by atoms with Gasteiger partial charge < -0.3 is 10.6 Å². The number of hydrogen-bond donors (Lipinski definition) is 1. The van der Waals surface area contributed by atoms with Crippen LogP contribution < -0.4 is 5.73 Å². The highest BCUT2D eigenvalue weighted by Gasteiger charge is 2.30. The highest BCUT2D eigenvalue weighted by atomic mass is 35.5. The smallest absolute Gasteiger partial charge is 0.273 e. The third kappa shape index (κ3) is 3.66. The molecule has 3 rings (SSSR count). The summed E-state index contributed by atoms with van der Waals surface area (Å²) in [5, 5.41) is 2.64. The Morgan fingerprint density at radius 1 is 1.36 bits per heavy atom. The molecular formula is C16H20ClN3OS. The van der Waals surface area contributed by atoms with Gasteiger partial charge in [-0.15, -0.1) is 23.7 Å². The number of carbonyl (C=O) groups is 1. The van der Waals surface area contributed by atoms with E-state index >= 15 is 0 Å². The molecule has 1 aromatic heterocycles. The van der Waals surface area contributed by atoms with Gasteiger partial charge in [-0.05, 0) is 24.8 Å². The maximum atomic E-state index is 12.6. The van der Waals surface area contributed by atoms with Crippen molar-refractivity contribution in [1.82, 2.24) is 9.88 Å². The fourth-order valence-corrected chi connectivity index (χ4v) is 3.50. The van der Waals surface area contributed by atoms with Crippen LogP contribution in [0, 0.1) is 0 Å². The van der Waals surface area contributed by atoms with E-state index in [2.05, 4.69) is 17.1 Å². The first-order valence-electron chi connectivity index (χ1n) is 7.27. The van der Waals surface area contributed by atoms with Gasteiger partial charge in [-0.1, -0.05) is 30.3 Å². The highest BCUT2D eigenvalue weighted by molar-refractivity contribution is 7.09. The summed E-state index contributed by atoms with van der Waals surface area (Å²) in [7, 11) is 0. The van der Waals surface area contributed by atoms with Gasteiger partial charge in [0.15, 0.2) is 0 Å². The highest BCUT2D eigenvalue weighted by Crippen LogP contribution is 2.24. The second kappa shape index (κ2) is 7.72. The number of amides is 1. The molecule has 1 saturated heterocycles. The van der Waals surface area contributed by atoms with Crippen LogP contribution in [-0.4, -0.2) is 28.4 Å². The first-order valence-corrected chi connectivity index (χ1v) is 8.15. The van der Waals surface area contributed by atoms with Crippen molar-refractivity contribution in [3.05, 3.63) is 52.0 Å². The van der Waals surface area contributed by atoms with Gasteiger partial charge in [-0.3, -0.25) is 4.79 Å². The first-order chi connectivity index (χ1) is 10.3. The molecule has 118 valence electrons. The van der Waals surface area contributed by atoms with E-state index in [0.717, 1.165) is 30.8 Å². The number of aromatic nitrogens is 1. The molecule has 1 unspecified atom stereocenters. The lowest BCUT2D eigenvalue weighted by atomic mass is 10.0. The molecule has 2 aromatic rings. The zero-order chi connectivity index (χ0) is 14.7. The van der Waals surface area contributed by atoms with Gasteiger partial charge in [-0.2, -0.15) is 0 Å². The van der Waals surface area contributed by atoms with Crippen LogP contribution in [0.25, 0.3) is 0 Å². The summed E-state index contributed by atoms with van der Waals surface area (Å²) in [5.41, 5.74) is 7.39. The zero-order valence-electron chi connectivity index (χ0n) is 12.3. The predicted octanol–water partition coefficient (Wildman–Crippen LogP) is 2.87. The van der Waals surface area contributed by atoms with Crippen LogP contribution in [0.15, 0.2) is 35.7 Å². The molecule has 0 aliphatic carbocycles. The Kier molecular flexibility index (Phi) is 5.94. The largest absolute Gasteiger partial charge is 0.334 e. The quantitative estimate of drug-likeness (QED) is 0.933. The zero-order valence-corrected chi connectivity index (χ0v) is 13.9. The predicted molar refractivity (Wildman–Crippen MR) is 91.5 cm³/mol. The van der Waals surface area contributed by atoms with Crippen LogP contribution in [-0.2, 0) is 13.0 Å². The Bertz CT molecular complexity index is 617. The summed E-state index contributed by atoms with van der Waals surface area (Å²) >= 11 is 1.46. The lowest BCUT2D eigenvalue weighted by Crippen LogP contribution is -2.37. The number of likely N-dealkylation sites (tertiary alicyclic amines) is 1. The van der Waals surface area contributed by atoms with Crippen LogP contribution >= 0.6 is 23.7 Å². The Morgan fingerprint density at radius 3 is 2.82 bits per heavy atom. The maximum Gasteiger partial charge on any atom is 0.273 e. The molecule has 2 heterocycles. The molecule has 0 spiro atoms. The third-order valence-corrected chi connectivity index (χ3v) is 4.77. The summed E-state index contributed by atoms with van der Waals surface area (Å²) in [6.07, 6.45) is 3.05. The molecule has 0 radical (unpaired) electrons. The number of nitrogens with zero attached hydrogens (tertiary/aromatic N) is 2. The Balaban J connectivity index is 0.00000176. The van der Waals surface area contributed by atoms with Crippen LogP contribution in [0.1, 0.15) is 33.9 Å². The molecule has 1 aromatic carbocycles. The van der Waals surface area contributed by atoms with Crippen LogP contribution in [0.3, 0.4) is 0 Å². The molecule has 1 aliphatic heterocycles. The SMILES string of the molecule is Cl.NCc1nc(C(=O)N2CCCC2Cc2ccccc2)cs1. The van der Waals surface area contributed by atoms with Gasteiger partial charge >= 0.3 is 0 Å². The molecule has 1 fully saturated rings. The minimum absolute atomic E-state index is 0. The summed E-state index contributed by atoms with van der Waals surface area (Å²) in [5.74, 6) is 0.0457. The molecule has 2 N–H and O–H groups in total. The molecule has 1 amide bonds. The second-order valence-electron chi connectivity index (χ2n) is 5.31. The molecule has 6 heteroatoms. The van der Waals surface area contributed by atoms with E-state index in [1.807, 2.05) is 28.5 Å². The second-order valence-corrected chi connectivity index (χ2v) is 6.26. The van der Waals surface area contributed by atoms with Crippen LogP contribution in [0.5, 0.6) is 0 Å². The number of nitrogens with two attached hydrogens (primary N) is 1. The van der Waals surface area contributed by atoms with E-state index in [1.165, 1.54) is 16.9 Å². The van der Waals surface area contributed by atoms with Gasteiger partial charge in [0, 0.05) is 24.5 Å². The van der Waals surface area contributed by atoms with E-state index < -0.39 is 0 Å². The van der Waals surface area contributed by atoms with E-state index in [9.17, 15) is 4.79 Å². The summed E-state index contributed by atoms with van der Waals surface area (Å²) in [4.78, 5) is 18.9. The maximum absolute atomic E-state index is 12.6. The Morgan fingerprint density at radius 2 is 2.14 bits per heavy atom. The van der Waals surface area contributed by atoms with Crippen LogP contribution in [0.4, 0.5) is 0 Å². The lowest BCUT2D eigenvalue weighted by Gasteiger charge is -2.24. The number of rotatable bonds is 4. The number of benzene rings is 1. The van der Waals surface area contributed by atoms with Crippen molar-refractivity contribution in [2.45, 2.75) is 31.8 Å². The van der Waals surface area contributed by atoms with Crippen molar-refractivity contribution >= 4 is 29.7 Å². The number of carbonyl (C=O) groups excluding carboxylic acids is 1.